The van der Waals surface area contributed by atoms with Crippen molar-refractivity contribution in [2.45, 2.75) is 26.2 Å². The summed E-state index contributed by atoms with van der Waals surface area (Å²) in [6.07, 6.45) is 0.384. The van der Waals surface area contributed by atoms with Crippen molar-refractivity contribution in [3.63, 3.8) is 0 Å². The van der Waals surface area contributed by atoms with Gasteiger partial charge < -0.3 is 14.8 Å². The van der Waals surface area contributed by atoms with Crippen LogP contribution in [0.25, 0.3) is 0 Å². The van der Waals surface area contributed by atoms with Crippen LogP contribution in [0.5, 0.6) is 11.5 Å². The summed E-state index contributed by atoms with van der Waals surface area (Å²) >= 11 is 0. The molecule has 0 bridgehead atoms. The zero-order valence-corrected chi connectivity index (χ0v) is 20.0. The molecule has 7 nitrogen and oxygen atoms in total. The summed E-state index contributed by atoms with van der Waals surface area (Å²) in [7, 11) is -1.89. The van der Waals surface area contributed by atoms with Crippen molar-refractivity contribution in [3.8, 4) is 11.5 Å². The molecule has 1 atom stereocenters. The molecule has 0 aliphatic heterocycles. The first-order valence-corrected chi connectivity index (χ1v) is 12.4. The molecule has 0 radical (unpaired) electrons. The molecule has 1 amide bonds. The molecule has 0 aliphatic rings. The second-order valence-electron chi connectivity index (χ2n) is 7.76. The van der Waals surface area contributed by atoms with Crippen LogP contribution in [-0.2, 0) is 28.0 Å². The van der Waals surface area contributed by atoms with Crippen LogP contribution in [0, 0.1) is 5.82 Å². The van der Waals surface area contributed by atoms with E-state index in [1.54, 1.807) is 55.5 Å². The van der Waals surface area contributed by atoms with Gasteiger partial charge in [-0.3, -0.25) is 9.10 Å². The van der Waals surface area contributed by atoms with Crippen molar-refractivity contribution >= 4 is 21.6 Å². The summed E-state index contributed by atoms with van der Waals surface area (Å²) in [6.45, 7) is 2.29. The molecule has 0 fully saturated rings. The van der Waals surface area contributed by atoms with Crippen molar-refractivity contribution in [1.82, 2.24) is 5.32 Å². The standard InChI is InChI=1S/C25H27FN2O5S/c1-18(33-24-14-10-22(11-15-24)28(2)34(3,30)31)25(29)27-16-19-6-12-23(13-7-19)32-17-20-4-8-21(26)9-5-20/h4-15,18H,16-17H2,1-3H3,(H,27,29)/t18-/m0/s1. The van der Waals surface area contributed by atoms with Crippen LogP contribution in [0.3, 0.4) is 0 Å². The average Bonchev–Trinajstić information content (AvgIpc) is 2.82. The molecule has 0 saturated carbocycles. The fourth-order valence-electron chi connectivity index (χ4n) is 2.97. The number of hydrogen-bond donors (Lipinski definition) is 1. The molecule has 0 heterocycles. The predicted octanol–water partition coefficient (Wildman–Crippen LogP) is 3.88. The van der Waals surface area contributed by atoms with E-state index < -0.39 is 16.1 Å². The van der Waals surface area contributed by atoms with Gasteiger partial charge >= 0.3 is 0 Å². The Hall–Kier alpha value is -3.59. The van der Waals surface area contributed by atoms with E-state index >= 15 is 0 Å². The average molecular weight is 487 g/mol. The lowest BCUT2D eigenvalue weighted by atomic mass is 10.2. The number of benzene rings is 3. The van der Waals surface area contributed by atoms with Gasteiger partial charge in [-0.25, -0.2) is 12.8 Å². The van der Waals surface area contributed by atoms with Gasteiger partial charge in [0.05, 0.1) is 11.9 Å². The number of carbonyl (C=O) groups excluding carboxylic acids is 1. The van der Waals surface area contributed by atoms with Crippen molar-refractivity contribution < 1.29 is 27.1 Å². The highest BCUT2D eigenvalue weighted by molar-refractivity contribution is 7.92. The summed E-state index contributed by atoms with van der Waals surface area (Å²) < 4.78 is 48.7. The summed E-state index contributed by atoms with van der Waals surface area (Å²) in [6, 6.07) is 19.9. The molecule has 180 valence electrons. The van der Waals surface area contributed by atoms with Gasteiger partial charge in [0.15, 0.2) is 6.10 Å². The molecule has 34 heavy (non-hydrogen) atoms. The first-order chi connectivity index (χ1) is 16.1. The zero-order chi connectivity index (χ0) is 24.7. The van der Waals surface area contributed by atoms with E-state index in [1.807, 2.05) is 12.1 Å². The third-order valence-corrected chi connectivity index (χ3v) is 6.29. The topological polar surface area (TPSA) is 84.9 Å². The molecule has 0 spiro atoms. The third kappa shape index (κ3) is 7.21. The molecule has 0 aliphatic carbocycles. The van der Waals surface area contributed by atoms with Gasteiger partial charge in [-0.05, 0) is 66.6 Å². The van der Waals surface area contributed by atoms with E-state index in [1.165, 1.54) is 19.2 Å². The number of anilines is 1. The van der Waals surface area contributed by atoms with E-state index in [9.17, 15) is 17.6 Å². The largest absolute Gasteiger partial charge is 0.489 e. The van der Waals surface area contributed by atoms with Crippen LogP contribution >= 0.6 is 0 Å². The Kier molecular flexibility index (Phi) is 8.12. The van der Waals surface area contributed by atoms with Crippen LogP contribution in [0.15, 0.2) is 72.8 Å². The maximum Gasteiger partial charge on any atom is 0.261 e. The van der Waals surface area contributed by atoms with E-state index in [4.69, 9.17) is 9.47 Å². The molecule has 3 aromatic rings. The van der Waals surface area contributed by atoms with E-state index in [-0.39, 0.29) is 11.7 Å². The van der Waals surface area contributed by atoms with Gasteiger partial charge in [-0.2, -0.15) is 0 Å². The minimum atomic E-state index is -3.35. The van der Waals surface area contributed by atoms with Crippen molar-refractivity contribution in [3.05, 3.63) is 89.7 Å². The number of rotatable bonds is 10. The Balaban J connectivity index is 1.46. The number of carbonyl (C=O) groups is 1. The normalized spacial score (nSPS) is 12.0. The van der Waals surface area contributed by atoms with Gasteiger partial charge in [0.25, 0.3) is 5.91 Å². The van der Waals surface area contributed by atoms with Gasteiger partial charge in [-0.1, -0.05) is 24.3 Å². The van der Waals surface area contributed by atoms with E-state index in [0.29, 0.717) is 30.3 Å². The Bertz CT molecular complexity index is 1200. The highest BCUT2D eigenvalue weighted by Crippen LogP contribution is 2.21. The van der Waals surface area contributed by atoms with Crippen molar-refractivity contribution in [2.24, 2.45) is 0 Å². The zero-order valence-electron chi connectivity index (χ0n) is 19.2. The maximum absolute atomic E-state index is 13.0. The number of ether oxygens (including phenoxy) is 2. The SMILES string of the molecule is C[C@H](Oc1ccc(N(C)S(C)(=O)=O)cc1)C(=O)NCc1ccc(OCc2ccc(F)cc2)cc1. The van der Waals surface area contributed by atoms with Crippen LogP contribution in [0.4, 0.5) is 10.1 Å². The van der Waals surface area contributed by atoms with Gasteiger partial charge in [0.2, 0.25) is 10.0 Å². The molecule has 0 saturated heterocycles. The maximum atomic E-state index is 13.0. The van der Waals surface area contributed by atoms with Gasteiger partial charge in [-0.15, -0.1) is 0 Å². The second kappa shape index (κ2) is 11.0. The lowest BCUT2D eigenvalue weighted by Gasteiger charge is -2.18. The van der Waals surface area contributed by atoms with E-state index in [2.05, 4.69) is 5.32 Å². The molecular weight excluding hydrogens is 459 g/mol. The number of nitrogens with zero attached hydrogens (tertiary/aromatic N) is 1. The van der Waals surface area contributed by atoms with Crippen LogP contribution in [-0.4, -0.2) is 33.7 Å². The van der Waals surface area contributed by atoms with Crippen molar-refractivity contribution in [1.29, 1.82) is 0 Å². The fraction of sp³-hybridized carbons (Fsp3) is 0.240. The number of amides is 1. The molecule has 9 heteroatoms. The second-order valence-corrected chi connectivity index (χ2v) is 9.78. The smallest absolute Gasteiger partial charge is 0.261 e. The van der Waals surface area contributed by atoms with E-state index in [0.717, 1.165) is 21.7 Å². The Morgan fingerprint density at radius 3 is 2.09 bits per heavy atom. The molecule has 0 unspecified atom stereocenters. The number of hydrogen-bond acceptors (Lipinski definition) is 5. The Morgan fingerprint density at radius 1 is 0.941 bits per heavy atom. The van der Waals surface area contributed by atoms with Crippen LogP contribution in [0.1, 0.15) is 18.1 Å². The predicted molar refractivity (Wildman–Crippen MR) is 129 cm³/mol. The molecule has 1 N–H and O–H groups in total. The number of nitrogens with one attached hydrogen (secondary N) is 1. The lowest BCUT2D eigenvalue weighted by molar-refractivity contribution is -0.127. The minimum Gasteiger partial charge on any atom is -0.489 e. The summed E-state index contributed by atoms with van der Waals surface area (Å²) in [5.74, 6) is 0.552. The highest BCUT2D eigenvalue weighted by Gasteiger charge is 2.16. The molecule has 0 aromatic heterocycles. The highest BCUT2D eigenvalue weighted by atomic mass is 32.2. The fourth-order valence-corrected chi connectivity index (χ4v) is 3.47. The monoisotopic (exact) mass is 486 g/mol. The summed E-state index contributed by atoms with van der Waals surface area (Å²) in [5.41, 5.74) is 2.25. The molecule has 3 rings (SSSR count). The number of sulfonamides is 1. The van der Waals surface area contributed by atoms with Crippen LogP contribution in [0.2, 0.25) is 0 Å². The quantitative estimate of drug-likeness (QED) is 0.470. The van der Waals surface area contributed by atoms with Crippen molar-refractivity contribution in [2.75, 3.05) is 17.6 Å². The minimum absolute atomic E-state index is 0.283. The van der Waals surface area contributed by atoms with Gasteiger partial charge in [0.1, 0.15) is 23.9 Å². The Morgan fingerprint density at radius 2 is 1.50 bits per heavy atom. The molecule has 3 aromatic carbocycles. The number of halogens is 1. The third-order valence-electron chi connectivity index (χ3n) is 5.09. The molecular formula is C25H27FN2O5S. The first kappa shape index (κ1) is 25.0. The Labute approximate surface area is 199 Å². The first-order valence-electron chi connectivity index (χ1n) is 10.6. The lowest BCUT2D eigenvalue weighted by Crippen LogP contribution is -2.35. The summed E-state index contributed by atoms with van der Waals surface area (Å²) in [5, 5.41) is 2.82. The summed E-state index contributed by atoms with van der Waals surface area (Å²) in [4.78, 5) is 12.4. The van der Waals surface area contributed by atoms with Gasteiger partial charge in [0, 0.05) is 13.6 Å². The van der Waals surface area contributed by atoms with Crippen LogP contribution < -0.4 is 19.1 Å².